The minimum absolute atomic E-state index is 0.0501. The Morgan fingerprint density at radius 1 is 1.05 bits per heavy atom. The molecule has 0 bridgehead atoms. The lowest BCUT2D eigenvalue weighted by Gasteiger charge is -2.30. The average Bonchev–Trinajstić information content (AvgIpc) is 2.59. The first kappa shape index (κ1) is 16.1. The zero-order valence-electron chi connectivity index (χ0n) is 12.7. The van der Waals surface area contributed by atoms with E-state index in [2.05, 4.69) is 0 Å². The summed E-state index contributed by atoms with van der Waals surface area (Å²) in [6.45, 7) is 8.90. The van der Waals surface area contributed by atoms with E-state index in [0.717, 1.165) is 12.8 Å². The quantitative estimate of drug-likeness (QED) is 0.742. The van der Waals surface area contributed by atoms with Gasteiger partial charge in [0.25, 0.3) is 0 Å². The maximum absolute atomic E-state index is 12.0. The van der Waals surface area contributed by atoms with Crippen molar-refractivity contribution in [3.05, 3.63) is 0 Å². The molecule has 1 aliphatic carbocycles. The average molecular weight is 266 g/mol. The van der Waals surface area contributed by atoms with Crippen LogP contribution in [0, 0.1) is 29.6 Å². The molecule has 0 aromatic heterocycles. The SMILES string of the molecule is CC(=O)C[C@@H]1CC[C@@H]([C@H](C(C)=O)C(C)C)[C@@H]1C(C)=O. The summed E-state index contributed by atoms with van der Waals surface area (Å²) in [6, 6.07) is 0. The molecule has 0 amide bonds. The van der Waals surface area contributed by atoms with Gasteiger partial charge >= 0.3 is 0 Å². The summed E-state index contributed by atoms with van der Waals surface area (Å²) in [6.07, 6.45) is 2.26. The van der Waals surface area contributed by atoms with Crippen LogP contribution in [0.2, 0.25) is 0 Å². The monoisotopic (exact) mass is 266 g/mol. The molecule has 0 heterocycles. The van der Waals surface area contributed by atoms with Crippen molar-refractivity contribution >= 4 is 17.3 Å². The van der Waals surface area contributed by atoms with Crippen molar-refractivity contribution in [1.82, 2.24) is 0 Å². The molecule has 0 saturated heterocycles. The molecular weight excluding hydrogens is 240 g/mol. The van der Waals surface area contributed by atoms with Crippen molar-refractivity contribution in [1.29, 1.82) is 0 Å². The van der Waals surface area contributed by atoms with E-state index in [4.69, 9.17) is 0 Å². The number of rotatable bonds is 6. The summed E-state index contributed by atoms with van der Waals surface area (Å²) >= 11 is 0. The van der Waals surface area contributed by atoms with E-state index in [9.17, 15) is 14.4 Å². The minimum atomic E-state index is -0.111. The van der Waals surface area contributed by atoms with Crippen LogP contribution < -0.4 is 0 Å². The number of ketones is 3. The number of carbonyl (C=O) groups is 3. The second-order valence-corrected chi connectivity index (χ2v) is 6.42. The van der Waals surface area contributed by atoms with E-state index < -0.39 is 0 Å². The van der Waals surface area contributed by atoms with Gasteiger partial charge in [0.05, 0.1) is 0 Å². The van der Waals surface area contributed by atoms with Gasteiger partial charge in [-0.15, -0.1) is 0 Å². The Balaban J connectivity index is 2.97. The van der Waals surface area contributed by atoms with E-state index in [1.165, 1.54) is 0 Å². The maximum atomic E-state index is 12.0. The molecule has 1 rings (SSSR count). The molecule has 108 valence electrons. The lowest BCUT2D eigenvalue weighted by molar-refractivity contribution is -0.128. The van der Waals surface area contributed by atoms with Gasteiger partial charge in [-0.1, -0.05) is 13.8 Å². The Morgan fingerprint density at radius 3 is 2.00 bits per heavy atom. The van der Waals surface area contributed by atoms with Crippen LogP contribution in [-0.4, -0.2) is 17.3 Å². The van der Waals surface area contributed by atoms with Crippen LogP contribution in [0.5, 0.6) is 0 Å². The fraction of sp³-hybridized carbons (Fsp3) is 0.812. The molecule has 0 aliphatic heterocycles. The van der Waals surface area contributed by atoms with Crippen molar-refractivity contribution in [3.8, 4) is 0 Å². The third-order valence-electron chi connectivity index (χ3n) is 4.51. The second kappa shape index (κ2) is 6.44. The summed E-state index contributed by atoms with van der Waals surface area (Å²) < 4.78 is 0. The van der Waals surface area contributed by atoms with Gasteiger partial charge in [0.2, 0.25) is 0 Å². The van der Waals surface area contributed by atoms with E-state index in [1.54, 1.807) is 20.8 Å². The Bertz CT molecular complexity index is 370. The standard InChI is InChI=1S/C16H26O3/c1-9(2)15(11(4)18)14-7-6-13(8-10(3)17)16(14)12(5)19/h9,13-16H,6-8H2,1-5H3/t13-,14-,15-,16+/m0/s1. The fourth-order valence-corrected chi connectivity index (χ4v) is 4.02. The van der Waals surface area contributed by atoms with Crippen LogP contribution in [0.15, 0.2) is 0 Å². The summed E-state index contributed by atoms with van der Waals surface area (Å²) in [5.41, 5.74) is 0. The summed E-state index contributed by atoms with van der Waals surface area (Å²) in [5, 5.41) is 0. The second-order valence-electron chi connectivity index (χ2n) is 6.42. The lowest BCUT2D eigenvalue weighted by Crippen LogP contribution is -2.34. The van der Waals surface area contributed by atoms with Crippen LogP contribution in [0.4, 0.5) is 0 Å². The van der Waals surface area contributed by atoms with Crippen molar-refractivity contribution in [2.75, 3.05) is 0 Å². The fourth-order valence-electron chi connectivity index (χ4n) is 4.02. The molecule has 1 aliphatic rings. The van der Waals surface area contributed by atoms with Gasteiger partial charge < -0.3 is 4.79 Å². The van der Waals surface area contributed by atoms with Gasteiger partial charge in [0.15, 0.2) is 0 Å². The van der Waals surface area contributed by atoms with E-state index in [1.807, 2.05) is 13.8 Å². The van der Waals surface area contributed by atoms with Crippen LogP contribution in [0.3, 0.4) is 0 Å². The molecule has 0 spiro atoms. The summed E-state index contributed by atoms with van der Waals surface area (Å²) in [4.78, 5) is 35.2. The predicted octanol–water partition coefficient (Wildman–Crippen LogP) is 3.06. The largest absolute Gasteiger partial charge is 0.300 e. The van der Waals surface area contributed by atoms with Crippen LogP contribution >= 0.6 is 0 Å². The van der Waals surface area contributed by atoms with Crippen molar-refractivity contribution < 1.29 is 14.4 Å². The third kappa shape index (κ3) is 3.74. The Morgan fingerprint density at radius 2 is 1.63 bits per heavy atom. The predicted molar refractivity (Wildman–Crippen MR) is 74.7 cm³/mol. The molecule has 0 radical (unpaired) electrons. The zero-order valence-corrected chi connectivity index (χ0v) is 12.7. The number of carbonyl (C=O) groups excluding carboxylic acids is 3. The Labute approximate surface area is 116 Å². The Kier molecular flexibility index (Phi) is 5.45. The molecule has 0 aromatic rings. The van der Waals surface area contributed by atoms with E-state index in [0.29, 0.717) is 6.42 Å². The first-order valence-electron chi connectivity index (χ1n) is 7.26. The molecule has 1 saturated carbocycles. The summed E-state index contributed by atoms with van der Waals surface area (Å²) in [5.74, 6) is 0.808. The first-order valence-corrected chi connectivity index (χ1v) is 7.26. The van der Waals surface area contributed by atoms with Crippen LogP contribution in [-0.2, 0) is 14.4 Å². The van der Waals surface area contributed by atoms with Gasteiger partial charge in [0.1, 0.15) is 17.3 Å². The molecule has 0 aromatic carbocycles. The highest BCUT2D eigenvalue weighted by Gasteiger charge is 2.45. The topological polar surface area (TPSA) is 51.2 Å². The van der Waals surface area contributed by atoms with Crippen molar-refractivity contribution in [3.63, 3.8) is 0 Å². The zero-order chi connectivity index (χ0) is 14.7. The molecule has 3 nitrogen and oxygen atoms in total. The lowest BCUT2D eigenvalue weighted by atomic mass is 9.72. The van der Waals surface area contributed by atoms with Gasteiger partial charge in [0, 0.05) is 18.3 Å². The van der Waals surface area contributed by atoms with Crippen LogP contribution in [0.1, 0.15) is 53.9 Å². The molecule has 3 heteroatoms. The number of hydrogen-bond donors (Lipinski definition) is 0. The van der Waals surface area contributed by atoms with Crippen molar-refractivity contribution in [2.24, 2.45) is 29.6 Å². The van der Waals surface area contributed by atoms with Gasteiger partial charge in [-0.05, 0) is 51.4 Å². The highest BCUT2D eigenvalue weighted by molar-refractivity contribution is 5.84. The van der Waals surface area contributed by atoms with Gasteiger partial charge in [-0.3, -0.25) is 9.59 Å². The molecule has 19 heavy (non-hydrogen) atoms. The van der Waals surface area contributed by atoms with Crippen molar-refractivity contribution in [2.45, 2.75) is 53.9 Å². The minimum Gasteiger partial charge on any atom is -0.300 e. The molecule has 1 fully saturated rings. The van der Waals surface area contributed by atoms with E-state index >= 15 is 0 Å². The smallest absolute Gasteiger partial charge is 0.133 e. The molecular formula is C16H26O3. The molecule has 4 atom stereocenters. The van der Waals surface area contributed by atoms with Crippen LogP contribution in [0.25, 0.3) is 0 Å². The highest BCUT2D eigenvalue weighted by atomic mass is 16.1. The van der Waals surface area contributed by atoms with Gasteiger partial charge in [-0.2, -0.15) is 0 Å². The number of hydrogen-bond acceptors (Lipinski definition) is 3. The van der Waals surface area contributed by atoms with Gasteiger partial charge in [-0.25, -0.2) is 0 Å². The van der Waals surface area contributed by atoms with E-state index in [-0.39, 0.29) is 46.9 Å². The number of Topliss-reactive ketones (excluding diaryl/α,β-unsaturated/α-hetero) is 3. The maximum Gasteiger partial charge on any atom is 0.133 e. The normalized spacial score (nSPS) is 28.4. The molecule has 0 unspecified atom stereocenters. The highest BCUT2D eigenvalue weighted by Crippen LogP contribution is 2.45. The first-order chi connectivity index (χ1) is 8.75. The summed E-state index contributed by atoms with van der Waals surface area (Å²) in [7, 11) is 0. The molecule has 0 N–H and O–H groups in total. The third-order valence-corrected chi connectivity index (χ3v) is 4.51. The Hall–Kier alpha value is -0.990.